The largest absolute Gasteiger partial charge is 0.497 e. The molecule has 0 radical (unpaired) electrons. The van der Waals surface area contributed by atoms with Gasteiger partial charge >= 0.3 is 0 Å². The summed E-state index contributed by atoms with van der Waals surface area (Å²) < 4.78 is 5.24. The van der Waals surface area contributed by atoms with Gasteiger partial charge < -0.3 is 15.0 Å². The summed E-state index contributed by atoms with van der Waals surface area (Å²) in [5.74, 6) is 0.670. The van der Waals surface area contributed by atoms with E-state index in [0.29, 0.717) is 23.4 Å². The Kier molecular flexibility index (Phi) is 4.21. The molecule has 0 unspecified atom stereocenters. The Labute approximate surface area is 139 Å². The van der Waals surface area contributed by atoms with E-state index in [2.05, 4.69) is 23.3 Å². The lowest BCUT2D eigenvalue weighted by molar-refractivity contribution is -0.105. The number of nitrogens with one attached hydrogen (secondary N) is 2. The Morgan fingerprint density at radius 3 is 2.79 bits per heavy atom. The van der Waals surface area contributed by atoms with Gasteiger partial charge in [-0.3, -0.25) is 4.79 Å². The van der Waals surface area contributed by atoms with Crippen molar-refractivity contribution in [3.8, 4) is 23.1 Å². The van der Waals surface area contributed by atoms with Gasteiger partial charge in [-0.2, -0.15) is 5.26 Å². The van der Waals surface area contributed by atoms with Crippen molar-refractivity contribution in [3.63, 3.8) is 0 Å². The highest BCUT2D eigenvalue weighted by Gasteiger charge is 2.16. The Bertz CT molecular complexity index is 951. The molecule has 3 rings (SSSR count). The summed E-state index contributed by atoms with van der Waals surface area (Å²) in [6.45, 7) is 2.07. The van der Waals surface area contributed by atoms with E-state index in [1.54, 1.807) is 19.2 Å². The summed E-state index contributed by atoms with van der Waals surface area (Å²) in [6, 6.07) is 13.3. The standard InChI is InChI=1S/C19H17N3O2/c1-3-14-16-8-12(10-20)4-7-17(16)22-19(14)15-6-5-13(24-2)9-18(15)21-11-23/h4-9,11,22H,3H2,1-2H3,(H,21,23). The van der Waals surface area contributed by atoms with Gasteiger partial charge in [-0.05, 0) is 42.3 Å². The SMILES string of the molecule is CCc1c(-c2ccc(OC)cc2NC=O)[nH]c2ccc(C#N)cc12. The number of rotatable bonds is 5. The number of benzene rings is 2. The van der Waals surface area contributed by atoms with Gasteiger partial charge in [0, 0.05) is 22.5 Å². The van der Waals surface area contributed by atoms with Crippen LogP contribution in [-0.2, 0) is 11.2 Å². The van der Waals surface area contributed by atoms with Crippen LogP contribution in [0.4, 0.5) is 5.69 Å². The van der Waals surface area contributed by atoms with Gasteiger partial charge in [0.25, 0.3) is 0 Å². The summed E-state index contributed by atoms with van der Waals surface area (Å²) >= 11 is 0. The molecule has 0 aliphatic rings. The number of anilines is 1. The first-order valence-corrected chi connectivity index (χ1v) is 7.65. The van der Waals surface area contributed by atoms with Gasteiger partial charge in [0.2, 0.25) is 6.41 Å². The maximum Gasteiger partial charge on any atom is 0.211 e. The van der Waals surface area contributed by atoms with Crippen LogP contribution in [0.5, 0.6) is 5.75 Å². The minimum Gasteiger partial charge on any atom is -0.497 e. The zero-order valence-electron chi connectivity index (χ0n) is 13.5. The monoisotopic (exact) mass is 319 g/mol. The van der Waals surface area contributed by atoms with Crippen LogP contribution in [0.1, 0.15) is 18.1 Å². The first-order chi connectivity index (χ1) is 11.7. The summed E-state index contributed by atoms with van der Waals surface area (Å²) in [6.07, 6.45) is 1.46. The number of aromatic amines is 1. The van der Waals surface area contributed by atoms with Gasteiger partial charge in [0.15, 0.2) is 0 Å². The van der Waals surface area contributed by atoms with Crippen LogP contribution in [0.15, 0.2) is 36.4 Å². The third kappa shape index (κ3) is 2.59. The number of ether oxygens (including phenoxy) is 1. The topological polar surface area (TPSA) is 77.9 Å². The molecule has 0 aliphatic carbocycles. The third-order valence-electron chi connectivity index (χ3n) is 4.10. The van der Waals surface area contributed by atoms with Crippen molar-refractivity contribution >= 4 is 23.0 Å². The average molecular weight is 319 g/mol. The molecule has 2 aromatic carbocycles. The van der Waals surface area contributed by atoms with E-state index in [0.717, 1.165) is 34.1 Å². The Hall–Kier alpha value is -3.26. The Morgan fingerprint density at radius 1 is 1.29 bits per heavy atom. The summed E-state index contributed by atoms with van der Waals surface area (Å²) in [4.78, 5) is 14.4. The number of hydrogen-bond donors (Lipinski definition) is 2. The number of carbonyl (C=O) groups excluding carboxylic acids is 1. The first-order valence-electron chi connectivity index (χ1n) is 7.65. The molecule has 1 heterocycles. The average Bonchev–Trinajstić information content (AvgIpc) is 2.99. The zero-order valence-corrected chi connectivity index (χ0v) is 13.5. The van der Waals surface area contributed by atoms with E-state index in [9.17, 15) is 4.79 Å². The summed E-state index contributed by atoms with van der Waals surface area (Å²) in [5.41, 5.74) is 5.20. The lowest BCUT2D eigenvalue weighted by Crippen LogP contribution is -1.98. The maximum absolute atomic E-state index is 11.0. The fourth-order valence-corrected chi connectivity index (χ4v) is 2.97. The molecule has 2 N–H and O–H groups in total. The highest BCUT2D eigenvalue weighted by Crippen LogP contribution is 2.36. The zero-order chi connectivity index (χ0) is 17.1. The first kappa shape index (κ1) is 15.6. The highest BCUT2D eigenvalue weighted by molar-refractivity contribution is 5.95. The predicted molar refractivity (Wildman–Crippen MR) is 94.1 cm³/mol. The van der Waals surface area contributed by atoms with Crippen molar-refractivity contribution in [2.24, 2.45) is 0 Å². The van der Waals surface area contributed by atoms with E-state index in [-0.39, 0.29) is 0 Å². The number of aromatic nitrogens is 1. The van der Waals surface area contributed by atoms with Crippen molar-refractivity contribution in [1.29, 1.82) is 5.26 Å². The molecule has 0 fully saturated rings. The van der Waals surface area contributed by atoms with Gasteiger partial charge in [-0.1, -0.05) is 6.92 Å². The Balaban J connectivity index is 2.26. The molecule has 5 heteroatoms. The second kappa shape index (κ2) is 6.47. The quantitative estimate of drug-likeness (QED) is 0.701. The van der Waals surface area contributed by atoms with Gasteiger partial charge in [0.1, 0.15) is 5.75 Å². The van der Waals surface area contributed by atoms with Gasteiger partial charge in [-0.15, -0.1) is 0 Å². The molecule has 0 aliphatic heterocycles. The van der Waals surface area contributed by atoms with Crippen LogP contribution in [0.3, 0.4) is 0 Å². The van der Waals surface area contributed by atoms with E-state index in [1.807, 2.05) is 24.3 Å². The number of amides is 1. The summed E-state index contributed by atoms with van der Waals surface area (Å²) in [7, 11) is 1.59. The number of nitrogens with zero attached hydrogens (tertiary/aromatic N) is 1. The fourth-order valence-electron chi connectivity index (χ4n) is 2.97. The predicted octanol–water partition coefficient (Wildman–Crippen LogP) is 3.85. The van der Waals surface area contributed by atoms with Crippen LogP contribution < -0.4 is 10.1 Å². The molecular formula is C19H17N3O2. The van der Waals surface area contributed by atoms with Crippen molar-refractivity contribution in [3.05, 3.63) is 47.5 Å². The van der Waals surface area contributed by atoms with Crippen molar-refractivity contribution in [1.82, 2.24) is 4.98 Å². The van der Waals surface area contributed by atoms with Crippen LogP contribution in [0, 0.1) is 11.3 Å². The molecule has 1 aromatic heterocycles. The molecule has 1 amide bonds. The molecule has 0 bridgehead atoms. The molecule has 0 saturated heterocycles. The van der Waals surface area contributed by atoms with E-state index in [4.69, 9.17) is 10.00 Å². The van der Waals surface area contributed by atoms with E-state index in [1.165, 1.54) is 0 Å². The molecule has 3 aromatic rings. The van der Waals surface area contributed by atoms with E-state index >= 15 is 0 Å². The molecule has 0 atom stereocenters. The molecular weight excluding hydrogens is 302 g/mol. The number of H-pyrrole nitrogens is 1. The highest BCUT2D eigenvalue weighted by atomic mass is 16.5. The lowest BCUT2D eigenvalue weighted by Gasteiger charge is -2.11. The minimum absolute atomic E-state index is 0.628. The number of aryl methyl sites for hydroxylation is 1. The van der Waals surface area contributed by atoms with Crippen molar-refractivity contribution in [2.75, 3.05) is 12.4 Å². The molecule has 120 valence electrons. The normalized spacial score (nSPS) is 10.4. The second-order valence-electron chi connectivity index (χ2n) is 5.38. The second-order valence-corrected chi connectivity index (χ2v) is 5.38. The molecule has 0 saturated carbocycles. The molecule has 5 nitrogen and oxygen atoms in total. The van der Waals surface area contributed by atoms with Gasteiger partial charge in [-0.25, -0.2) is 0 Å². The van der Waals surface area contributed by atoms with Crippen molar-refractivity contribution < 1.29 is 9.53 Å². The lowest BCUT2D eigenvalue weighted by atomic mass is 10.0. The fraction of sp³-hybridized carbons (Fsp3) is 0.158. The minimum atomic E-state index is 0.628. The van der Waals surface area contributed by atoms with E-state index < -0.39 is 0 Å². The summed E-state index contributed by atoms with van der Waals surface area (Å²) in [5, 5.41) is 12.9. The number of hydrogen-bond acceptors (Lipinski definition) is 3. The molecule has 24 heavy (non-hydrogen) atoms. The number of fused-ring (bicyclic) bond motifs is 1. The van der Waals surface area contributed by atoms with Crippen LogP contribution in [0.2, 0.25) is 0 Å². The van der Waals surface area contributed by atoms with Crippen LogP contribution >= 0.6 is 0 Å². The number of nitriles is 1. The van der Waals surface area contributed by atoms with Crippen LogP contribution in [-0.4, -0.2) is 18.5 Å². The van der Waals surface area contributed by atoms with Crippen molar-refractivity contribution in [2.45, 2.75) is 13.3 Å². The smallest absolute Gasteiger partial charge is 0.211 e. The third-order valence-corrected chi connectivity index (χ3v) is 4.10. The number of carbonyl (C=O) groups is 1. The molecule has 0 spiro atoms. The maximum atomic E-state index is 11.0. The number of methoxy groups -OCH3 is 1. The Morgan fingerprint density at radius 2 is 2.12 bits per heavy atom. The van der Waals surface area contributed by atoms with Gasteiger partial charge in [0.05, 0.1) is 30.1 Å². The van der Waals surface area contributed by atoms with Crippen LogP contribution in [0.25, 0.3) is 22.2 Å².